The van der Waals surface area contributed by atoms with Crippen LogP contribution in [0.2, 0.25) is 0 Å². The van der Waals surface area contributed by atoms with Gasteiger partial charge in [0.1, 0.15) is 0 Å². The zero-order valence-corrected chi connectivity index (χ0v) is 20.1. The zero-order valence-electron chi connectivity index (χ0n) is 20.1. The van der Waals surface area contributed by atoms with E-state index in [-0.39, 0.29) is 23.3 Å². The minimum absolute atomic E-state index is 0.0780. The third-order valence-corrected chi connectivity index (χ3v) is 8.82. The summed E-state index contributed by atoms with van der Waals surface area (Å²) < 4.78 is 0. The van der Waals surface area contributed by atoms with E-state index < -0.39 is 0 Å². The number of nitrogens with one attached hydrogen (secondary N) is 1. The van der Waals surface area contributed by atoms with Gasteiger partial charge >= 0.3 is 0 Å². The molecule has 1 N–H and O–H groups in total. The molecule has 1 aromatic rings. The van der Waals surface area contributed by atoms with Gasteiger partial charge in [0.15, 0.2) is 0 Å². The van der Waals surface area contributed by atoms with E-state index >= 15 is 0 Å². The molecule has 2 heterocycles. The van der Waals surface area contributed by atoms with Crippen LogP contribution in [0.3, 0.4) is 0 Å². The van der Waals surface area contributed by atoms with Crippen molar-refractivity contribution in [1.82, 2.24) is 15.1 Å². The zero-order chi connectivity index (χ0) is 22.7. The maximum atomic E-state index is 13.4. The highest BCUT2D eigenvalue weighted by Gasteiger charge is 2.48. The molecule has 4 aliphatic rings. The number of carbonyl (C=O) groups is 2. The molecule has 2 saturated heterocycles. The Morgan fingerprint density at radius 3 is 2.36 bits per heavy atom. The van der Waals surface area contributed by atoms with Gasteiger partial charge in [0, 0.05) is 25.6 Å². The Morgan fingerprint density at radius 1 is 0.970 bits per heavy atom. The Labute approximate surface area is 199 Å². The van der Waals surface area contributed by atoms with Crippen LogP contribution in [0.5, 0.6) is 0 Å². The summed E-state index contributed by atoms with van der Waals surface area (Å²) in [7, 11) is 0. The van der Waals surface area contributed by atoms with Crippen molar-refractivity contribution < 1.29 is 9.59 Å². The minimum Gasteiger partial charge on any atom is -0.349 e. The minimum atomic E-state index is -0.0931. The molecule has 0 aromatic heterocycles. The summed E-state index contributed by atoms with van der Waals surface area (Å²) in [5.74, 6) is 1.64. The van der Waals surface area contributed by atoms with Crippen molar-refractivity contribution in [2.75, 3.05) is 32.7 Å². The second kappa shape index (κ2) is 10.2. The monoisotopic (exact) mass is 451 g/mol. The van der Waals surface area contributed by atoms with Crippen LogP contribution in [-0.4, -0.2) is 54.3 Å². The summed E-state index contributed by atoms with van der Waals surface area (Å²) in [5.41, 5.74) is 1.11. The molecule has 2 saturated carbocycles. The van der Waals surface area contributed by atoms with Crippen molar-refractivity contribution in [2.45, 2.75) is 76.7 Å². The van der Waals surface area contributed by atoms with E-state index in [9.17, 15) is 9.59 Å². The standard InChI is InChI=1S/C28H41N3O2/c32-26(24-11-12-24)29-25(23-9-5-2-6-10-23)13-17-30-18-14-28(15-19-30)16-20-31(27(28)33)21-22-7-3-1-4-8-22/h2,5-6,9-10,22,24-25H,1,3-4,7-8,11-21H2,(H,29,32)/t25-/m0/s1. The van der Waals surface area contributed by atoms with Crippen LogP contribution in [0, 0.1) is 17.3 Å². The van der Waals surface area contributed by atoms with Crippen molar-refractivity contribution in [3.05, 3.63) is 35.9 Å². The first-order chi connectivity index (χ1) is 16.1. The fourth-order valence-corrected chi connectivity index (χ4v) is 6.37. The summed E-state index contributed by atoms with van der Waals surface area (Å²) in [6.07, 6.45) is 12.7. The van der Waals surface area contributed by atoms with Gasteiger partial charge in [0.2, 0.25) is 11.8 Å². The molecule has 5 heteroatoms. The maximum absolute atomic E-state index is 13.4. The number of piperidine rings is 1. The Balaban J connectivity index is 1.12. The lowest BCUT2D eigenvalue weighted by Crippen LogP contribution is -2.46. The second-order valence-electron chi connectivity index (χ2n) is 11.2. The summed E-state index contributed by atoms with van der Waals surface area (Å²) in [4.78, 5) is 30.5. The van der Waals surface area contributed by atoms with Crippen LogP contribution in [0.25, 0.3) is 0 Å². The van der Waals surface area contributed by atoms with Gasteiger partial charge < -0.3 is 15.1 Å². The van der Waals surface area contributed by atoms with E-state index in [0.29, 0.717) is 5.91 Å². The summed E-state index contributed by atoms with van der Waals surface area (Å²) in [5, 5.41) is 3.31. The third kappa shape index (κ3) is 5.45. The molecule has 1 atom stereocenters. The number of carbonyl (C=O) groups excluding carboxylic acids is 2. The van der Waals surface area contributed by atoms with Crippen molar-refractivity contribution in [2.24, 2.45) is 17.3 Å². The van der Waals surface area contributed by atoms with Crippen molar-refractivity contribution in [3.8, 4) is 0 Å². The molecular weight excluding hydrogens is 410 g/mol. The molecule has 1 spiro atoms. The third-order valence-electron chi connectivity index (χ3n) is 8.82. The number of benzene rings is 1. The van der Waals surface area contributed by atoms with Gasteiger partial charge in [-0.25, -0.2) is 0 Å². The number of nitrogens with zero attached hydrogens (tertiary/aromatic N) is 2. The normalized spacial score (nSPS) is 24.8. The van der Waals surface area contributed by atoms with E-state index in [1.807, 2.05) is 6.07 Å². The maximum Gasteiger partial charge on any atom is 0.228 e. The van der Waals surface area contributed by atoms with Crippen LogP contribution in [-0.2, 0) is 9.59 Å². The van der Waals surface area contributed by atoms with E-state index in [4.69, 9.17) is 0 Å². The molecular formula is C28H41N3O2. The highest BCUT2D eigenvalue weighted by molar-refractivity contribution is 5.85. The Kier molecular flexibility index (Phi) is 7.05. The first kappa shape index (κ1) is 22.9. The average molecular weight is 452 g/mol. The van der Waals surface area contributed by atoms with Crippen molar-refractivity contribution in [1.29, 1.82) is 0 Å². The highest BCUT2D eigenvalue weighted by atomic mass is 16.2. The number of rotatable bonds is 8. The van der Waals surface area contributed by atoms with Gasteiger partial charge in [-0.15, -0.1) is 0 Å². The molecule has 5 rings (SSSR count). The molecule has 4 fully saturated rings. The van der Waals surface area contributed by atoms with Gasteiger partial charge in [-0.05, 0) is 75.9 Å². The predicted octanol–water partition coefficient (Wildman–Crippen LogP) is 4.54. The molecule has 33 heavy (non-hydrogen) atoms. The lowest BCUT2D eigenvalue weighted by Gasteiger charge is -2.38. The number of hydrogen-bond donors (Lipinski definition) is 1. The smallest absolute Gasteiger partial charge is 0.228 e. The molecule has 0 bridgehead atoms. The van der Waals surface area contributed by atoms with Gasteiger partial charge in [0.25, 0.3) is 0 Å². The lowest BCUT2D eigenvalue weighted by molar-refractivity contribution is -0.139. The molecule has 1 aromatic carbocycles. The Bertz CT molecular complexity index is 808. The highest BCUT2D eigenvalue weighted by Crippen LogP contribution is 2.42. The lowest BCUT2D eigenvalue weighted by atomic mass is 9.77. The van der Waals surface area contributed by atoms with Gasteiger partial charge in [-0.1, -0.05) is 49.6 Å². The number of hydrogen-bond acceptors (Lipinski definition) is 3. The van der Waals surface area contributed by atoms with E-state index in [1.165, 1.54) is 37.7 Å². The van der Waals surface area contributed by atoms with Crippen LogP contribution >= 0.6 is 0 Å². The summed E-state index contributed by atoms with van der Waals surface area (Å²) in [6, 6.07) is 10.5. The fraction of sp³-hybridized carbons (Fsp3) is 0.714. The quantitative estimate of drug-likeness (QED) is 0.631. The van der Waals surface area contributed by atoms with Crippen LogP contribution < -0.4 is 5.32 Å². The molecule has 2 aliphatic heterocycles. The first-order valence-electron chi connectivity index (χ1n) is 13.5. The largest absolute Gasteiger partial charge is 0.349 e. The second-order valence-corrected chi connectivity index (χ2v) is 11.2. The van der Waals surface area contributed by atoms with Gasteiger partial charge in [0.05, 0.1) is 11.5 Å². The molecule has 0 radical (unpaired) electrons. The van der Waals surface area contributed by atoms with Gasteiger partial charge in [-0.3, -0.25) is 9.59 Å². The first-order valence-corrected chi connectivity index (χ1v) is 13.5. The number of amides is 2. The van der Waals surface area contributed by atoms with Crippen LogP contribution in [0.1, 0.15) is 82.2 Å². The topological polar surface area (TPSA) is 52.7 Å². The van der Waals surface area contributed by atoms with E-state index in [2.05, 4.69) is 39.4 Å². The molecule has 0 unspecified atom stereocenters. The van der Waals surface area contributed by atoms with Crippen LogP contribution in [0.15, 0.2) is 30.3 Å². The van der Waals surface area contributed by atoms with Crippen molar-refractivity contribution >= 4 is 11.8 Å². The molecule has 180 valence electrons. The number of likely N-dealkylation sites (tertiary alicyclic amines) is 2. The SMILES string of the molecule is O=C(N[C@@H](CCN1CCC2(CC1)CCN(CC1CCCCC1)C2=O)c1ccccc1)C1CC1. The Morgan fingerprint density at radius 2 is 1.67 bits per heavy atom. The summed E-state index contributed by atoms with van der Waals surface area (Å²) >= 11 is 0. The Hall–Kier alpha value is -1.88. The molecule has 5 nitrogen and oxygen atoms in total. The fourth-order valence-electron chi connectivity index (χ4n) is 6.37. The van der Waals surface area contributed by atoms with E-state index in [0.717, 1.165) is 77.2 Å². The molecule has 2 aliphatic carbocycles. The predicted molar refractivity (Wildman–Crippen MR) is 131 cm³/mol. The van der Waals surface area contributed by atoms with Gasteiger partial charge in [-0.2, -0.15) is 0 Å². The van der Waals surface area contributed by atoms with E-state index in [1.54, 1.807) is 0 Å². The molecule has 2 amide bonds. The van der Waals surface area contributed by atoms with Crippen molar-refractivity contribution in [3.63, 3.8) is 0 Å². The van der Waals surface area contributed by atoms with Crippen LogP contribution in [0.4, 0.5) is 0 Å². The summed E-state index contributed by atoms with van der Waals surface area (Å²) in [6.45, 7) is 4.95. The average Bonchev–Trinajstić information content (AvgIpc) is 3.67.